The summed E-state index contributed by atoms with van der Waals surface area (Å²) < 4.78 is 8.87. The zero-order valence-electron chi connectivity index (χ0n) is 21.6. The summed E-state index contributed by atoms with van der Waals surface area (Å²) >= 11 is 12.3. The van der Waals surface area contributed by atoms with Crippen molar-refractivity contribution >= 4 is 35.1 Å². The van der Waals surface area contributed by atoms with Crippen molar-refractivity contribution in [1.82, 2.24) is 19.6 Å². The zero-order valence-corrected chi connectivity index (χ0v) is 25.1. The Labute approximate surface area is 255 Å². The Hall–Kier alpha value is -3.16. The van der Waals surface area contributed by atoms with Crippen LogP contribution in [-0.4, -0.2) is 38.1 Å². The van der Waals surface area contributed by atoms with Gasteiger partial charge in [0.2, 0.25) is 0 Å². The third-order valence-corrected chi connectivity index (χ3v) is 6.13. The second-order valence-corrected chi connectivity index (χ2v) is 8.65. The predicted molar refractivity (Wildman–Crippen MR) is 134 cm³/mol. The molecule has 0 aromatic carbocycles. The summed E-state index contributed by atoms with van der Waals surface area (Å²) in [6.45, 7) is 5.07. The molecule has 4 aromatic rings. The van der Waals surface area contributed by atoms with Crippen molar-refractivity contribution in [2.45, 2.75) is 33.9 Å². The molecule has 0 aliphatic rings. The normalized spacial score (nSPS) is 10.3. The molecule has 0 saturated carbocycles. The van der Waals surface area contributed by atoms with Crippen LogP contribution >= 0.6 is 23.2 Å². The standard InChI is InChI=1S/C13H14ClN3O3.C11H10ClN3O3.Na/c1-3-20-11(18)8-17-9(2)12(14)13(15-17)10-5-4-6-16(19)7-10;1-7-10(12)11(13-15(7)6-9(16)17)8-3-2-4-14(18)5-8;/h4-7H,3,8H2,1-2H3;2-5H,6H2,1H3,(H,16,17);/q;;+1/p-1. The molecule has 0 unspecified atom stereocenters. The van der Waals surface area contributed by atoms with Crippen molar-refractivity contribution in [1.29, 1.82) is 0 Å². The zero-order chi connectivity index (χ0) is 28.0. The minimum atomic E-state index is -1.25. The first-order valence-corrected chi connectivity index (χ1v) is 12.0. The summed E-state index contributed by atoms with van der Waals surface area (Å²) in [5.41, 5.74) is 3.13. The van der Waals surface area contributed by atoms with Crippen LogP contribution in [0.5, 0.6) is 0 Å². The van der Waals surface area contributed by atoms with E-state index in [1.807, 2.05) is 0 Å². The Bertz CT molecular complexity index is 1480. The summed E-state index contributed by atoms with van der Waals surface area (Å²) in [6.07, 6.45) is 5.40. The molecule has 0 bridgehead atoms. The molecule has 0 radical (unpaired) electrons. The van der Waals surface area contributed by atoms with Crippen LogP contribution < -0.4 is 44.1 Å². The van der Waals surface area contributed by atoms with Gasteiger partial charge in [-0.15, -0.1) is 0 Å². The molecule has 4 heterocycles. The number of nitrogens with zero attached hydrogens (tertiary/aromatic N) is 6. The first kappa shape index (κ1) is 32.1. The molecule has 0 saturated heterocycles. The van der Waals surface area contributed by atoms with Gasteiger partial charge in [0.05, 0.1) is 51.7 Å². The molecule has 0 aliphatic carbocycles. The van der Waals surface area contributed by atoms with Gasteiger partial charge in [-0.3, -0.25) is 14.2 Å². The maximum atomic E-state index is 11.5. The van der Waals surface area contributed by atoms with E-state index in [0.717, 1.165) is 0 Å². The molecule has 200 valence electrons. The SMILES string of the molecule is CCOC(=O)Cn1nc(-c2ccc[n+]([O-])c2)c(Cl)c1C.Cc1c(Cl)c(-c2ccc[n+]([O-])c2)nn1CC(=O)[O-].[Na+]. The summed E-state index contributed by atoms with van der Waals surface area (Å²) in [7, 11) is 0. The first-order valence-electron chi connectivity index (χ1n) is 11.2. The number of aliphatic carboxylic acids is 1. The number of halogens is 2. The monoisotopic (exact) mass is 584 g/mol. The largest absolute Gasteiger partial charge is 1.00 e. The van der Waals surface area contributed by atoms with E-state index >= 15 is 0 Å². The number of hydrogen-bond acceptors (Lipinski definition) is 8. The number of hydrogen-bond donors (Lipinski definition) is 0. The molecule has 4 aromatic heterocycles. The number of carboxylic acids is 1. The summed E-state index contributed by atoms with van der Waals surface area (Å²) in [4.78, 5) is 22.1. The Morgan fingerprint density at radius 1 is 0.897 bits per heavy atom. The summed E-state index contributed by atoms with van der Waals surface area (Å²) in [5, 5.41) is 42.1. The number of aromatic nitrogens is 6. The van der Waals surface area contributed by atoms with Crippen LogP contribution in [0.15, 0.2) is 49.1 Å². The van der Waals surface area contributed by atoms with E-state index in [4.69, 9.17) is 27.9 Å². The fraction of sp³-hybridized carbons (Fsp3) is 0.250. The number of ether oxygens (including phenoxy) is 1. The van der Waals surface area contributed by atoms with E-state index in [9.17, 15) is 25.1 Å². The molecule has 0 atom stereocenters. The van der Waals surface area contributed by atoms with Crippen LogP contribution in [0.2, 0.25) is 10.0 Å². The summed E-state index contributed by atoms with van der Waals surface area (Å²) in [5.74, 6) is -1.64. The van der Waals surface area contributed by atoms with Gasteiger partial charge in [-0.25, -0.2) is 0 Å². The van der Waals surface area contributed by atoms with E-state index in [-0.39, 0.29) is 48.6 Å². The average molecular weight is 585 g/mol. The topological polar surface area (TPSA) is 156 Å². The quantitative estimate of drug-likeness (QED) is 0.111. The van der Waals surface area contributed by atoms with Gasteiger partial charge in [-0.05, 0) is 32.9 Å². The smallest absolute Gasteiger partial charge is 0.619 e. The second kappa shape index (κ2) is 14.3. The summed E-state index contributed by atoms with van der Waals surface area (Å²) in [6, 6.07) is 6.58. The molecule has 0 aliphatic heterocycles. The van der Waals surface area contributed by atoms with Crippen molar-refractivity contribution in [3.8, 4) is 22.5 Å². The molecule has 0 N–H and O–H groups in total. The number of rotatable bonds is 7. The molecule has 0 amide bonds. The molecule has 0 fully saturated rings. The number of carboxylic acid groups (broad SMARTS) is 1. The predicted octanol–water partition coefficient (Wildman–Crippen LogP) is -1.39. The van der Waals surface area contributed by atoms with Crippen LogP contribution in [0, 0.1) is 24.3 Å². The van der Waals surface area contributed by atoms with Crippen LogP contribution in [0.3, 0.4) is 0 Å². The third kappa shape index (κ3) is 8.16. The van der Waals surface area contributed by atoms with Crippen molar-refractivity contribution in [3.05, 3.63) is 80.9 Å². The van der Waals surface area contributed by atoms with Gasteiger partial charge in [-0.1, -0.05) is 23.2 Å². The van der Waals surface area contributed by atoms with Gasteiger partial charge in [0.25, 0.3) is 0 Å². The Balaban J connectivity index is 0.000000268. The van der Waals surface area contributed by atoms with Crippen LogP contribution in [0.1, 0.15) is 18.3 Å². The Kier molecular flexibility index (Phi) is 11.7. The Morgan fingerprint density at radius 3 is 1.72 bits per heavy atom. The molecule has 12 nitrogen and oxygen atoms in total. The number of carbonyl (C=O) groups is 2. The van der Waals surface area contributed by atoms with Crippen LogP contribution in [0.4, 0.5) is 0 Å². The van der Waals surface area contributed by atoms with Gasteiger partial charge in [0.15, 0.2) is 24.8 Å². The molecule has 4 rings (SSSR count). The van der Waals surface area contributed by atoms with E-state index in [1.165, 1.54) is 34.2 Å². The van der Waals surface area contributed by atoms with Crippen molar-refractivity contribution in [2.24, 2.45) is 0 Å². The first-order chi connectivity index (χ1) is 18.0. The van der Waals surface area contributed by atoms with Crippen molar-refractivity contribution < 1.29 is 58.5 Å². The van der Waals surface area contributed by atoms with Gasteiger partial charge >= 0.3 is 35.5 Å². The van der Waals surface area contributed by atoms with Gasteiger partial charge < -0.3 is 25.1 Å². The van der Waals surface area contributed by atoms with E-state index in [1.54, 1.807) is 45.0 Å². The minimum Gasteiger partial charge on any atom is -0.619 e. The van der Waals surface area contributed by atoms with Crippen LogP contribution in [-0.2, 0) is 27.4 Å². The fourth-order valence-corrected chi connectivity index (χ4v) is 3.85. The fourth-order valence-electron chi connectivity index (χ4n) is 3.37. The minimum absolute atomic E-state index is 0. The molecule has 15 heteroatoms. The maximum absolute atomic E-state index is 11.5. The van der Waals surface area contributed by atoms with Crippen molar-refractivity contribution in [3.63, 3.8) is 0 Å². The number of esters is 1. The van der Waals surface area contributed by atoms with Crippen molar-refractivity contribution in [2.75, 3.05) is 6.61 Å². The van der Waals surface area contributed by atoms with Gasteiger partial charge in [-0.2, -0.15) is 19.7 Å². The Morgan fingerprint density at radius 2 is 1.33 bits per heavy atom. The molecular weight excluding hydrogens is 562 g/mol. The van der Waals surface area contributed by atoms with E-state index in [2.05, 4.69) is 10.2 Å². The number of carbonyl (C=O) groups excluding carboxylic acids is 2. The van der Waals surface area contributed by atoms with E-state index < -0.39 is 5.97 Å². The molecular formula is C24H23Cl2N6NaO6. The van der Waals surface area contributed by atoms with Gasteiger partial charge in [0.1, 0.15) is 17.9 Å². The number of pyridine rings is 2. The molecule has 39 heavy (non-hydrogen) atoms. The molecule has 0 spiro atoms. The van der Waals surface area contributed by atoms with Gasteiger partial charge in [0, 0.05) is 12.1 Å². The third-order valence-electron chi connectivity index (χ3n) is 5.23. The second-order valence-electron chi connectivity index (χ2n) is 7.89. The van der Waals surface area contributed by atoms with E-state index in [0.29, 0.717) is 60.0 Å². The van der Waals surface area contributed by atoms with Crippen LogP contribution in [0.25, 0.3) is 22.5 Å². The average Bonchev–Trinajstić information content (AvgIpc) is 3.30. The maximum Gasteiger partial charge on any atom is 1.00 e.